The van der Waals surface area contributed by atoms with Crippen LogP contribution in [0.3, 0.4) is 0 Å². The van der Waals surface area contributed by atoms with Crippen LogP contribution in [0, 0.1) is 5.92 Å². The third-order valence-electron chi connectivity index (χ3n) is 2.78. The Morgan fingerprint density at radius 1 is 1.39 bits per heavy atom. The van der Waals surface area contributed by atoms with Crippen LogP contribution < -0.4 is 16.0 Å². The molecular weight excluding hydrogens is 234 g/mol. The first-order chi connectivity index (χ1) is 8.49. The molecule has 0 aromatic carbocycles. The van der Waals surface area contributed by atoms with Gasteiger partial charge in [0.2, 0.25) is 11.8 Å². The van der Waals surface area contributed by atoms with Crippen LogP contribution in [-0.4, -0.2) is 48.7 Å². The average Bonchev–Trinajstić information content (AvgIpc) is 2.73. The van der Waals surface area contributed by atoms with Crippen LogP contribution in [0.15, 0.2) is 0 Å². The average molecular weight is 257 g/mol. The maximum Gasteiger partial charge on any atom is 0.237 e. The normalized spacial score (nSPS) is 23.1. The summed E-state index contributed by atoms with van der Waals surface area (Å²) < 4.78 is 0. The largest absolute Gasteiger partial charge is 0.392 e. The van der Waals surface area contributed by atoms with Crippen molar-refractivity contribution in [2.24, 2.45) is 5.92 Å². The highest BCUT2D eigenvalue weighted by molar-refractivity contribution is 5.83. The summed E-state index contributed by atoms with van der Waals surface area (Å²) in [6.07, 6.45) is 0.272. The van der Waals surface area contributed by atoms with Crippen molar-refractivity contribution < 1.29 is 14.7 Å². The maximum atomic E-state index is 11.6. The Kier molecular flexibility index (Phi) is 6.07. The summed E-state index contributed by atoms with van der Waals surface area (Å²) in [5.41, 5.74) is 0. The molecule has 104 valence electrons. The number of hydrogen-bond acceptors (Lipinski definition) is 4. The molecule has 1 aliphatic heterocycles. The highest BCUT2D eigenvalue weighted by Crippen LogP contribution is 2.05. The van der Waals surface area contributed by atoms with Crippen molar-refractivity contribution in [2.75, 3.05) is 19.6 Å². The standard InChI is InChI=1S/C12H23N3O3/c1-8(2)6-15-11(17)3-4-13-12(18)10-5-9(16)7-14-10/h8-10,14,16H,3-7H2,1-2H3,(H,13,18)(H,15,17). The van der Waals surface area contributed by atoms with Gasteiger partial charge in [-0.1, -0.05) is 13.8 Å². The lowest BCUT2D eigenvalue weighted by atomic mass is 10.2. The molecule has 1 aliphatic rings. The molecule has 6 heteroatoms. The van der Waals surface area contributed by atoms with Crippen LogP contribution in [-0.2, 0) is 9.59 Å². The van der Waals surface area contributed by atoms with E-state index in [0.29, 0.717) is 32.0 Å². The molecule has 2 amide bonds. The van der Waals surface area contributed by atoms with E-state index in [-0.39, 0.29) is 24.3 Å². The Bertz CT molecular complexity index is 294. The van der Waals surface area contributed by atoms with E-state index in [1.54, 1.807) is 0 Å². The number of aliphatic hydroxyl groups excluding tert-OH is 1. The Morgan fingerprint density at radius 3 is 2.67 bits per heavy atom. The van der Waals surface area contributed by atoms with Crippen LogP contribution in [0.4, 0.5) is 0 Å². The molecule has 0 aromatic rings. The molecule has 1 rings (SSSR count). The molecular formula is C12H23N3O3. The van der Waals surface area contributed by atoms with Crippen molar-refractivity contribution in [1.29, 1.82) is 0 Å². The minimum Gasteiger partial charge on any atom is -0.392 e. The van der Waals surface area contributed by atoms with Gasteiger partial charge in [-0.3, -0.25) is 9.59 Å². The summed E-state index contributed by atoms with van der Waals surface area (Å²) in [7, 11) is 0. The van der Waals surface area contributed by atoms with Gasteiger partial charge in [0.1, 0.15) is 0 Å². The first-order valence-electron chi connectivity index (χ1n) is 6.45. The van der Waals surface area contributed by atoms with E-state index in [9.17, 15) is 14.7 Å². The summed E-state index contributed by atoms with van der Waals surface area (Å²) in [6.45, 7) is 5.49. The Hall–Kier alpha value is -1.14. The van der Waals surface area contributed by atoms with Crippen molar-refractivity contribution in [3.05, 3.63) is 0 Å². The van der Waals surface area contributed by atoms with Gasteiger partial charge in [0.15, 0.2) is 0 Å². The second-order valence-corrected chi connectivity index (χ2v) is 5.09. The number of nitrogens with one attached hydrogen (secondary N) is 3. The molecule has 0 spiro atoms. The van der Waals surface area contributed by atoms with Crippen molar-refractivity contribution in [3.63, 3.8) is 0 Å². The Balaban J connectivity index is 2.10. The predicted octanol–water partition coefficient (Wildman–Crippen LogP) is -1.01. The highest BCUT2D eigenvalue weighted by Gasteiger charge is 2.27. The number of aliphatic hydroxyl groups is 1. The maximum absolute atomic E-state index is 11.6. The topological polar surface area (TPSA) is 90.5 Å². The van der Waals surface area contributed by atoms with Gasteiger partial charge in [0.05, 0.1) is 12.1 Å². The van der Waals surface area contributed by atoms with Gasteiger partial charge in [-0.25, -0.2) is 0 Å². The van der Waals surface area contributed by atoms with Crippen LogP contribution in [0.1, 0.15) is 26.7 Å². The quantitative estimate of drug-likeness (QED) is 0.491. The third kappa shape index (κ3) is 5.46. The first-order valence-corrected chi connectivity index (χ1v) is 6.45. The number of carbonyl (C=O) groups excluding carboxylic acids is 2. The number of hydrogen-bond donors (Lipinski definition) is 4. The molecule has 4 N–H and O–H groups in total. The van der Waals surface area contributed by atoms with Crippen molar-refractivity contribution in [1.82, 2.24) is 16.0 Å². The molecule has 1 fully saturated rings. The summed E-state index contributed by atoms with van der Waals surface area (Å²) >= 11 is 0. The zero-order valence-corrected chi connectivity index (χ0v) is 11.0. The van der Waals surface area contributed by atoms with Crippen molar-refractivity contribution in [3.8, 4) is 0 Å². The highest BCUT2D eigenvalue weighted by atomic mass is 16.3. The molecule has 6 nitrogen and oxygen atoms in total. The summed E-state index contributed by atoms with van der Waals surface area (Å²) in [5.74, 6) is 0.222. The van der Waals surface area contributed by atoms with E-state index in [2.05, 4.69) is 16.0 Å². The lowest BCUT2D eigenvalue weighted by Crippen LogP contribution is -2.41. The molecule has 0 radical (unpaired) electrons. The molecule has 0 aromatic heterocycles. The fraction of sp³-hybridized carbons (Fsp3) is 0.833. The van der Waals surface area contributed by atoms with Crippen LogP contribution in [0.5, 0.6) is 0 Å². The first kappa shape index (κ1) is 14.9. The van der Waals surface area contributed by atoms with E-state index in [1.165, 1.54) is 0 Å². The Morgan fingerprint density at radius 2 is 2.11 bits per heavy atom. The fourth-order valence-electron chi connectivity index (χ4n) is 1.75. The van der Waals surface area contributed by atoms with Crippen LogP contribution in [0.2, 0.25) is 0 Å². The minimum absolute atomic E-state index is 0.0524. The van der Waals surface area contributed by atoms with E-state index in [1.807, 2.05) is 13.8 Å². The second kappa shape index (κ2) is 7.33. The zero-order valence-electron chi connectivity index (χ0n) is 11.0. The van der Waals surface area contributed by atoms with Gasteiger partial charge in [-0.05, 0) is 12.3 Å². The van der Waals surface area contributed by atoms with Crippen molar-refractivity contribution in [2.45, 2.75) is 38.8 Å². The third-order valence-corrected chi connectivity index (χ3v) is 2.78. The minimum atomic E-state index is -0.449. The van der Waals surface area contributed by atoms with Gasteiger partial charge in [-0.2, -0.15) is 0 Å². The summed E-state index contributed by atoms with van der Waals surface area (Å²) in [6, 6.07) is -0.335. The number of amides is 2. The zero-order chi connectivity index (χ0) is 13.5. The second-order valence-electron chi connectivity index (χ2n) is 5.09. The molecule has 2 atom stereocenters. The summed E-state index contributed by atoms with van der Waals surface area (Å²) in [5, 5.41) is 17.7. The van der Waals surface area contributed by atoms with Gasteiger partial charge in [0.25, 0.3) is 0 Å². The van der Waals surface area contributed by atoms with E-state index < -0.39 is 6.10 Å². The van der Waals surface area contributed by atoms with Gasteiger partial charge in [0, 0.05) is 26.1 Å². The van der Waals surface area contributed by atoms with Crippen LogP contribution >= 0.6 is 0 Å². The van der Waals surface area contributed by atoms with Gasteiger partial charge >= 0.3 is 0 Å². The Labute approximate surface area is 108 Å². The van der Waals surface area contributed by atoms with E-state index >= 15 is 0 Å². The molecule has 0 aliphatic carbocycles. The lowest BCUT2D eigenvalue weighted by Gasteiger charge is -2.11. The number of rotatable bonds is 6. The van der Waals surface area contributed by atoms with E-state index in [0.717, 1.165) is 0 Å². The smallest absolute Gasteiger partial charge is 0.237 e. The molecule has 18 heavy (non-hydrogen) atoms. The van der Waals surface area contributed by atoms with Gasteiger partial charge in [-0.15, -0.1) is 0 Å². The lowest BCUT2D eigenvalue weighted by molar-refractivity contribution is -0.123. The molecule has 0 saturated carbocycles. The number of carbonyl (C=O) groups is 2. The SMILES string of the molecule is CC(C)CNC(=O)CCNC(=O)C1CC(O)CN1. The monoisotopic (exact) mass is 257 g/mol. The number of β-amino-alcohol motifs (C(OH)–C–C–N with tert-alkyl or cyclic N) is 1. The summed E-state index contributed by atoms with van der Waals surface area (Å²) in [4.78, 5) is 23.0. The fourth-order valence-corrected chi connectivity index (χ4v) is 1.75. The molecule has 0 bridgehead atoms. The molecule has 2 unspecified atom stereocenters. The molecule has 1 saturated heterocycles. The van der Waals surface area contributed by atoms with Crippen LogP contribution in [0.25, 0.3) is 0 Å². The van der Waals surface area contributed by atoms with Gasteiger partial charge < -0.3 is 21.1 Å². The molecule has 1 heterocycles. The predicted molar refractivity (Wildman–Crippen MR) is 67.9 cm³/mol. The van der Waals surface area contributed by atoms with E-state index in [4.69, 9.17) is 0 Å². The van der Waals surface area contributed by atoms with Crippen molar-refractivity contribution >= 4 is 11.8 Å².